The van der Waals surface area contributed by atoms with Crippen LogP contribution in [0.1, 0.15) is 44.9 Å². The Bertz CT molecular complexity index is 371. The Morgan fingerprint density at radius 3 is 2.76 bits per heavy atom. The number of aliphatic hydroxyl groups excluding tert-OH is 2. The van der Waals surface area contributed by atoms with Crippen molar-refractivity contribution in [3.8, 4) is 0 Å². The number of hydrogen-bond donors (Lipinski definition) is 2. The Labute approximate surface area is 103 Å². The molecule has 0 aromatic heterocycles. The molecule has 2 fully saturated rings. The van der Waals surface area contributed by atoms with E-state index in [9.17, 15) is 10.2 Å². The minimum atomic E-state index is -0.356. The van der Waals surface area contributed by atoms with Gasteiger partial charge < -0.3 is 10.2 Å². The predicted octanol–water partition coefficient (Wildman–Crippen LogP) is 2.56. The molecule has 0 radical (unpaired) electrons. The molecule has 3 aliphatic rings. The van der Waals surface area contributed by atoms with Gasteiger partial charge in [0.25, 0.3) is 0 Å². The van der Waals surface area contributed by atoms with Gasteiger partial charge in [-0.3, -0.25) is 0 Å². The van der Waals surface area contributed by atoms with Gasteiger partial charge in [0.1, 0.15) is 0 Å². The molecule has 94 valence electrons. The van der Waals surface area contributed by atoms with E-state index in [0.717, 1.165) is 44.9 Å². The van der Waals surface area contributed by atoms with Crippen molar-refractivity contribution in [2.24, 2.45) is 11.3 Å². The fourth-order valence-corrected chi connectivity index (χ4v) is 4.52. The highest BCUT2D eigenvalue weighted by molar-refractivity contribution is 5.41. The Hall–Kier alpha value is -0.600. The molecule has 0 heterocycles. The summed E-state index contributed by atoms with van der Waals surface area (Å²) in [7, 11) is 0. The van der Waals surface area contributed by atoms with E-state index >= 15 is 0 Å². The molecule has 1 spiro atoms. The average molecular weight is 234 g/mol. The molecule has 0 aliphatic heterocycles. The zero-order valence-corrected chi connectivity index (χ0v) is 10.4. The van der Waals surface area contributed by atoms with Gasteiger partial charge in [0.05, 0.1) is 12.2 Å². The summed E-state index contributed by atoms with van der Waals surface area (Å²) in [4.78, 5) is 0. The van der Waals surface area contributed by atoms with Crippen molar-refractivity contribution in [1.82, 2.24) is 0 Å². The van der Waals surface area contributed by atoms with E-state index in [4.69, 9.17) is 0 Å². The predicted molar refractivity (Wildman–Crippen MR) is 67.5 cm³/mol. The molecule has 4 atom stereocenters. The lowest BCUT2D eigenvalue weighted by molar-refractivity contribution is -0.0739. The number of rotatable bonds is 0. The third-order valence-electron chi connectivity index (χ3n) is 5.19. The van der Waals surface area contributed by atoms with Crippen molar-refractivity contribution >= 4 is 0 Å². The van der Waals surface area contributed by atoms with E-state index in [1.807, 2.05) is 0 Å². The lowest BCUT2D eigenvalue weighted by Gasteiger charge is -2.47. The van der Waals surface area contributed by atoms with Gasteiger partial charge in [-0.05, 0) is 50.5 Å². The van der Waals surface area contributed by atoms with Crippen molar-refractivity contribution in [1.29, 1.82) is 0 Å². The quantitative estimate of drug-likeness (QED) is 0.676. The number of aliphatic hydroxyl groups is 2. The lowest BCUT2D eigenvalue weighted by atomic mass is 9.59. The Morgan fingerprint density at radius 2 is 1.94 bits per heavy atom. The van der Waals surface area contributed by atoms with Gasteiger partial charge in [0.2, 0.25) is 0 Å². The molecule has 2 N–H and O–H groups in total. The van der Waals surface area contributed by atoms with Crippen molar-refractivity contribution in [2.45, 2.75) is 57.2 Å². The molecule has 0 saturated heterocycles. The van der Waals surface area contributed by atoms with Gasteiger partial charge >= 0.3 is 0 Å². The molecule has 3 rings (SSSR count). The maximum Gasteiger partial charge on any atom is 0.0604 e. The second-order valence-corrected chi connectivity index (χ2v) is 6.01. The Balaban J connectivity index is 2.07. The van der Waals surface area contributed by atoms with Gasteiger partial charge in [-0.25, -0.2) is 0 Å². The van der Waals surface area contributed by atoms with Crippen LogP contribution in [0.4, 0.5) is 0 Å². The Morgan fingerprint density at radius 1 is 1.18 bits per heavy atom. The molecule has 17 heavy (non-hydrogen) atoms. The third kappa shape index (κ3) is 1.54. The molecule has 0 aromatic carbocycles. The number of hydrogen-bond acceptors (Lipinski definition) is 2. The van der Waals surface area contributed by atoms with E-state index < -0.39 is 0 Å². The van der Waals surface area contributed by atoms with E-state index in [1.54, 1.807) is 0 Å². The molecule has 0 amide bonds. The molecule has 0 aromatic rings. The zero-order valence-electron chi connectivity index (χ0n) is 10.4. The third-order valence-corrected chi connectivity index (χ3v) is 5.19. The van der Waals surface area contributed by atoms with Crippen LogP contribution in [0.3, 0.4) is 0 Å². The lowest BCUT2D eigenvalue weighted by Crippen LogP contribution is -2.47. The minimum absolute atomic E-state index is 0.0456. The highest BCUT2D eigenvalue weighted by atomic mass is 16.3. The summed E-state index contributed by atoms with van der Waals surface area (Å²) in [5, 5.41) is 20.7. The van der Waals surface area contributed by atoms with Gasteiger partial charge in [-0.15, -0.1) is 0 Å². The summed E-state index contributed by atoms with van der Waals surface area (Å²) in [5.74, 6) is 0.0456. The van der Waals surface area contributed by atoms with Crippen LogP contribution in [0.15, 0.2) is 23.8 Å². The van der Waals surface area contributed by atoms with Gasteiger partial charge in [0, 0.05) is 11.3 Å². The van der Waals surface area contributed by atoms with Gasteiger partial charge in [-0.1, -0.05) is 18.2 Å². The van der Waals surface area contributed by atoms with Crippen molar-refractivity contribution < 1.29 is 10.2 Å². The molecule has 2 nitrogen and oxygen atoms in total. The molecule has 3 aliphatic carbocycles. The van der Waals surface area contributed by atoms with Gasteiger partial charge in [-0.2, -0.15) is 0 Å². The second kappa shape index (κ2) is 3.96. The summed E-state index contributed by atoms with van der Waals surface area (Å²) < 4.78 is 0. The van der Waals surface area contributed by atoms with Crippen LogP contribution < -0.4 is 0 Å². The first-order valence-corrected chi connectivity index (χ1v) is 6.90. The summed E-state index contributed by atoms with van der Waals surface area (Å²) >= 11 is 0. The van der Waals surface area contributed by atoms with Crippen LogP contribution in [-0.4, -0.2) is 22.4 Å². The molecular weight excluding hydrogens is 212 g/mol. The molecule has 0 unspecified atom stereocenters. The van der Waals surface area contributed by atoms with Crippen LogP contribution in [0.5, 0.6) is 0 Å². The normalized spacial score (nSPS) is 45.9. The van der Waals surface area contributed by atoms with E-state index in [-0.39, 0.29) is 23.5 Å². The zero-order chi connectivity index (χ0) is 12.0. The van der Waals surface area contributed by atoms with Crippen LogP contribution in [0, 0.1) is 11.3 Å². The van der Waals surface area contributed by atoms with Crippen LogP contribution in [-0.2, 0) is 0 Å². The summed E-state index contributed by atoms with van der Waals surface area (Å²) in [6, 6.07) is 0. The van der Waals surface area contributed by atoms with Crippen molar-refractivity contribution in [3.05, 3.63) is 23.8 Å². The number of allylic oxidation sites excluding steroid dienone is 3. The van der Waals surface area contributed by atoms with Crippen molar-refractivity contribution in [2.75, 3.05) is 0 Å². The highest BCUT2D eigenvalue weighted by Crippen LogP contribution is 2.58. The first-order valence-electron chi connectivity index (χ1n) is 6.90. The van der Waals surface area contributed by atoms with Crippen LogP contribution in [0.25, 0.3) is 0 Å². The van der Waals surface area contributed by atoms with Crippen LogP contribution >= 0.6 is 0 Å². The fraction of sp³-hybridized carbons (Fsp3) is 0.733. The Kier molecular flexibility index (Phi) is 2.68. The monoisotopic (exact) mass is 234 g/mol. The van der Waals surface area contributed by atoms with Crippen LogP contribution in [0.2, 0.25) is 0 Å². The van der Waals surface area contributed by atoms with Crippen molar-refractivity contribution in [3.63, 3.8) is 0 Å². The molecule has 2 saturated carbocycles. The summed E-state index contributed by atoms with van der Waals surface area (Å²) in [6.07, 6.45) is 8.51. The minimum Gasteiger partial charge on any atom is -0.393 e. The maximum atomic E-state index is 10.4. The highest BCUT2D eigenvalue weighted by Gasteiger charge is 2.53. The van der Waals surface area contributed by atoms with E-state index in [1.165, 1.54) is 11.1 Å². The maximum absolute atomic E-state index is 10.4. The average Bonchev–Trinajstić information content (AvgIpc) is 2.66. The van der Waals surface area contributed by atoms with E-state index in [0.29, 0.717) is 0 Å². The second-order valence-electron chi connectivity index (χ2n) is 6.01. The standard InChI is InChI=1S/C15H22O2/c1-10-6-7-13(17)14-12(16)5-3-9-15(14)8-2-4-11(10)15/h4,12-14,16-17H,1-3,5-9H2/t12-,13-,14+,15+/m0/s1. The SMILES string of the molecule is C=C1CC[C@H](O)[C@H]2[C@@H](O)CCC[C@@]23CCC=C13. The molecule has 0 bridgehead atoms. The van der Waals surface area contributed by atoms with E-state index in [2.05, 4.69) is 12.7 Å². The topological polar surface area (TPSA) is 40.5 Å². The smallest absolute Gasteiger partial charge is 0.0604 e. The molecule has 2 heteroatoms. The summed E-state index contributed by atoms with van der Waals surface area (Å²) in [5.41, 5.74) is 2.63. The first kappa shape index (κ1) is 11.5. The summed E-state index contributed by atoms with van der Waals surface area (Å²) in [6.45, 7) is 4.20. The van der Waals surface area contributed by atoms with Gasteiger partial charge in [0.15, 0.2) is 0 Å². The fourth-order valence-electron chi connectivity index (χ4n) is 4.52. The molecular formula is C15H22O2. The first-order chi connectivity index (χ1) is 8.15. The largest absolute Gasteiger partial charge is 0.393 e.